The number of nitro benzene ring substituents is 1. The molecule has 1 aromatic carbocycles. The summed E-state index contributed by atoms with van der Waals surface area (Å²) < 4.78 is 0. The Balaban J connectivity index is 1.93. The first-order chi connectivity index (χ1) is 10.4. The number of hydrogen-bond donors (Lipinski definition) is 1. The lowest BCUT2D eigenvalue weighted by Gasteiger charge is -2.22. The number of anilines is 1. The zero-order chi connectivity index (χ0) is 16.3. The maximum absolute atomic E-state index is 12.3. The van der Waals surface area contributed by atoms with Crippen molar-refractivity contribution >= 4 is 17.3 Å². The summed E-state index contributed by atoms with van der Waals surface area (Å²) in [7, 11) is 1.66. The molecule has 0 saturated carbocycles. The minimum absolute atomic E-state index is 0.00363. The van der Waals surface area contributed by atoms with Gasteiger partial charge in [-0.15, -0.1) is 0 Å². The predicted molar refractivity (Wildman–Crippen MR) is 82.7 cm³/mol. The summed E-state index contributed by atoms with van der Waals surface area (Å²) in [5, 5.41) is 20.2. The number of aliphatic hydroxyl groups excluding tert-OH is 1. The van der Waals surface area contributed by atoms with Gasteiger partial charge < -0.3 is 10.0 Å². The van der Waals surface area contributed by atoms with E-state index in [2.05, 4.69) is 0 Å². The number of nitrogens with zero attached hydrogens (tertiary/aromatic N) is 3. The zero-order valence-electron chi connectivity index (χ0n) is 12.8. The summed E-state index contributed by atoms with van der Waals surface area (Å²) in [6.45, 7) is 3.59. The monoisotopic (exact) mass is 307 g/mol. The molecule has 0 bridgehead atoms. The molecular weight excluding hydrogens is 286 g/mol. The van der Waals surface area contributed by atoms with E-state index in [4.69, 9.17) is 0 Å². The zero-order valence-corrected chi connectivity index (χ0v) is 12.8. The highest BCUT2D eigenvalue weighted by Crippen LogP contribution is 2.21. The van der Waals surface area contributed by atoms with Gasteiger partial charge in [0.1, 0.15) is 0 Å². The Labute approximate surface area is 129 Å². The van der Waals surface area contributed by atoms with Crippen LogP contribution in [0.5, 0.6) is 0 Å². The van der Waals surface area contributed by atoms with E-state index >= 15 is 0 Å². The molecule has 0 radical (unpaired) electrons. The fourth-order valence-electron chi connectivity index (χ4n) is 2.64. The van der Waals surface area contributed by atoms with E-state index in [0.717, 1.165) is 19.5 Å². The van der Waals surface area contributed by atoms with Crippen molar-refractivity contribution in [3.8, 4) is 0 Å². The standard InChI is InChI=1S/C15H21N3O4/c1-11(19)12-7-8-17(9-12)10-15(20)16(2)13-3-5-14(6-4-13)18(21)22/h3-6,11-12,19H,7-10H2,1-2H3. The number of amides is 1. The first kappa shape index (κ1) is 16.4. The lowest BCUT2D eigenvalue weighted by Crippen LogP contribution is -2.37. The molecule has 1 aliphatic heterocycles. The van der Waals surface area contributed by atoms with Crippen molar-refractivity contribution in [3.05, 3.63) is 34.4 Å². The van der Waals surface area contributed by atoms with Crippen LogP contribution in [-0.2, 0) is 4.79 Å². The molecule has 7 heteroatoms. The first-order valence-corrected chi connectivity index (χ1v) is 7.30. The number of hydrogen-bond acceptors (Lipinski definition) is 5. The highest BCUT2D eigenvalue weighted by atomic mass is 16.6. The van der Waals surface area contributed by atoms with Gasteiger partial charge in [-0.2, -0.15) is 0 Å². The van der Waals surface area contributed by atoms with Crippen LogP contribution in [0.1, 0.15) is 13.3 Å². The Morgan fingerprint density at radius 1 is 1.50 bits per heavy atom. The topological polar surface area (TPSA) is 86.9 Å². The van der Waals surface area contributed by atoms with E-state index in [1.54, 1.807) is 26.1 Å². The Hall–Kier alpha value is -1.99. The van der Waals surface area contributed by atoms with Gasteiger partial charge in [-0.1, -0.05) is 0 Å². The van der Waals surface area contributed by atoms with E-state index in [0.29, 0.717) is 5.69 Å². The summed E-state index contributed by atoms with van der Waals surface area (Å²) in [5.41, 5.74) is 0.630. The Bertz CT molecular complexity index is 544. The van der Waals surface area contributed by atoms with Crippen molar-refractivity contribution in [1.82, 2.24) is 4.90 Å². The molecule has 2 atom stereocenters. The van der Waals surface area contributed by atoms with Gasteiger partial charge in [0, 0.05) is 31.4 Å². The molecule has 1 saturated heterocycles. The van der Waals surface area contributed by atoms with Gasteiger partial charge in [-0.05, 0) is 37.9 Å². The first-order valence-electron chi connectivity index (χ1n) is 7.30. The molecule has 0 aromatic heterocycles. The van der Waals surface area contributed by atoms with Crippen molar-refractivity contribution in [2.75, 3.05) is 31.6 Å². The van der Waals surface area contributed by atoms with Gasteiger partial charge >= 0.3 is 0 Å². The van der Waals surface area contributed by atoms with E-state index in [1.807, 2.05) is 4.90 Å². The molecule has 1 aromatic rings. The molecule has 2 unspecified atom stereocenters. The Morgan fingerprint density at radius 3 is 2.64 bits per heavy atom. The number of likely N-dealkylation sites (N-methyl/N-ethyl adjacent to an activating group) is 1. The molecule has 1 fully saturated rings. The SMILES string of the molecule is CC(O)C1CCN(CC(=O)N(C)c2ccc([N+](=O)[O-])cc2)C1. The lowest BCUT2D eigenvalue weighted by molar-refractivity contribution is -0.384. The van der Waals surface area contributed by atoms with Gasteiger partial charge in [0.05, 0.1) is 17.6 Å². The van der Waals surface area contributed by atoms with Crippen molar-refractivity contribution in [3.63, 3.8) is 0 Å². The second kappa shape index (κ2) is 6.85. The Morgan fingerprint density at radius 2 is 2.14 bits per heavy atom. The summed E-state index contributed by atoms with van der Waals surface area (Å²) in [5.74, 6) is 0.151. The predicted octanol–water partition coefficient (Wildman–Crippen LogP) is 1.26. The molecule has 22 heavy (non-hydrogen) atoms. The van der Waals surface area contributed by atoms with Crippen molar-refractivity contribution in [2.45, 2.75) is 19.4 Å². The van der Waals surface area contributed by atoms with Crippen molar-refractivity contribution in [2.24, 2.45) is 5.92 Å². The van der Waals surface area contributed by atoms with Gasteiger partial charge in [0.2, 0.25) is 5.91 Å². The third-order valence-electron chi connectivity index (χ3n) is 4.17. The largest absolute Gasteiger partial charge is 0.393 e. The molecule has 1 heterocycles. The van der Waals surface area contributed by atoms with Crippen LogP contribution in [-0.4, -0.2) is 53.6 Å². The summed E-state index contributed by atoms with van der Waals surface area (Å²) in [6.07, 6.45) is 0.541. The minimum atomic E-state index is -0.466. The van der Waals surface area contributed by atoms with Crippen LogP contribution in [0.25, 0.3) is 0 Å². The van der Waals surface area contributed by atoms with Gasteiger partial charge in [0.15, 0.2) is 0 Å². The average molecular weight is 307 g/mol. The van der Waals surface area contributed by atoms with Crippen LogP contribution in [0.2, 0.25) is 0 Å². The molecule has 7 nitrogen and oxygen atoms in total. The number of nitro groups is 1. The number of likely N-dealkylation sites (tertiary alicyclic amines) is 1. The fourth-order valence-corrected chi connectivity index (χ4v) is 2.64. The number of carbonyl (C=O) groups excluding carboxylic acids is 1. The lowest BCUT2D eigenvalue weighted by atomic mass is 10.0. The highest BCUT2D eigenvalue weighted by Gasteiger charge is 2.28. The number of non-ortho nitro benzene ring substituents is 1. The summed E-state index contributed by atoms with van der Waals surface area (Å²) in [4.78, 5) is 26.0. The normalized spacial score (nSPS) is 19.9. The van der Waals surface area contributed by atoms with E-state index in [9.17, 15) is 20.0 Å². The van der Waals surface area contributed by atoms with E-state index < -0.39 is 4.92 Å². The number of benzene rings is 1. The molecule has 120 valence electrons. The van der Waals surface area contributed by atoms with Gasteiger partial charge in [-0.3, -0.25) is 19.8 Å². The minimum Gasteiger partial charge on any atom is -0.393 e. The second-order valence-electron chi connectivity index (χ2n) is 5.75. The fraction of sp³-hybridized carbons (Fsp3) is 0.533. The third kappa shape index (κ3) is 3.80. The molecule has 0 spiro atoms. The number of rotatable bonds is 5. The molecule has 0 aliphatic carbocycles. The van der Waals surface area contributed by atoms with Crippen molar-refractivity contribution < 1.29 is 14.8 Å². The van der Waals surface area contributed by atoms with Crippen molar-refractivity contribution in [1.29, 1.82) is 0 Å². The van der Waals surface area contributed by atoms with Crippen LogP contribution in [0.3, 0.4) is 0 Å². The third-order valence-corrected chi connectivity index (χ3v) is 4.17. The summed E-state index contributed by atoms with van der Waals surface area (Å²) in [6, 6.07) is 5.91. The van der Waals surface area contributed by atoms with Crippen LogP contribution < -0.4 is 4.90 Å². The van der Waals surface area contributed by atoms with Crippen LogP contribution in [0.15, 0.2) is 24.3 Å². The Kier molecular flexibility index (Phi) is 5.10. The van der Waals surface area contributed by atoms with Gasteiger partial charge in [-0.25, -0.2) is 0 Å². The summed E-state index contributed by atoms with van der Waals surface area (Å²) >= 11 is 0. The molecule has 1 amide bonds. The molecule has 2 rings (SSSR count). The average Bonchev–Trinajstić information content (AvgIpc) is 2.95. The van der Waals surface area contributed by atoms with Crippen LogP contribution in [0, 0.1) is 16.0 Å². The number of carbonyl (C=O) groups is 1. The highest BCUT2D eigenvalue weighted by molar-refractivity contribution is 5.94. The van der Waals surface area contributed by atoms with Crippen LogP contribution >= 0.6 is 0 Å². The quantitative estimate of drug-likeness (QED) is 0.653. The maximum Gasteiger partial charge on any atom is 0.269 e. The number of aliphatic hydroxyl groups is 1. The molecule has 1 aliphatic rings. The molecule has 1 N–H and O–H groups in total. The van der Waals surface area contributed by atoms with Crippen LogP contribution in [0.4, 0.5) is 11.4 Å². The second-order valence-corrected chi connectivity index (χ2v) is 5.75. The van der Waals surface area contributed by atoms with Gasteiger partial charge in [0.25, 0.3) is 5.69 Å². The molecular formula is C15H21N3O4. The maximum atomic E-state index is 12.3. The smallest absolute Gasteiger partial charge is 0.269 e. The van der Waals surface area contributed by atoms with E-state index in [-0.39, 0.29) is 30.2 Å². The van der Waals surface area contributed by atoms with E-state index in [1.165, 1.54) is 17.0 Å².